The lowest BCUT2D eigenvalue weighted by molar-refractivity contribution is -0.249. The number of carbonyl (C=O) groups excluding carboxylic acids is 2. The molecule has 1 fully saturated rings. The van der Waals surface area contributed by atoms with Crippen LogP contribution in [0.3, 0.4) is 0 Å². The van der Waals surface area contributed by atoms with E-state index >= 15 is 0 Å². The van der Waals surface area contributed by atoms with Crippen LogP contribution < -0.4 is 0 Å². The summed E-state index contributed by atoms with van der Waals surface area (Å²) in [5.74, 6) is -1.26. The molecular weight excluding hydrogens is 372 g/mol. The van der Waals surface area contributed by atoms with E-state index in [1.807, 2.05) is 12.1 Å². The van der Waals surface area contributed by atoms with Crippen LogP contribution in [0.5, 0.6) is 0 Å². The Hall–Kier alpha value is -2.96. The molecule has 0 unspecified atom stereocenters. The molecule has 0 radical (unpaired) electrons. The van der Waals surface area contributed by atoms with Gasteiger partial charge in [-0.3, -0.25) is 0 Å². The predicted octanol–water partition coefficient (Wildman–Crippen LogP) is 3.63. The normalized spacial score (nSPS) is 23.8. The van der Waals surface area contributed by atoms with Gasteiger partial charge in [-0.2, -0.15) is 0 Å². The van der Waals surface area contributed by atoms with Crippen LogP contribution in [-0.2, 0) is 18.9 Å². The molecule has 6 nitrogen and oxygen atoms in total. The van der Waals surface area contributed by atoms with Crippen LogP contribution in [0, 0.1) is 5.92 Å². The van der Waals surface area contributed by atoms with E-state index < -0.39 is 30.4 Å². The number of hydrogen-bond acceptors (Lipinski definition) is 6. The van der Waals surface area contributed by atoms with Crippen molar-refractivity contribution in [3.05, 3.63) is 84.4 Å². The molecule has 1 aliphatic heterocycles. The highest BCUT2D eigenvalue weighted by molar-refractivity contribution is 5.90. The molecule has 29 heavy (non-hydrogen) atoms. The first-order chi connectivity index (χ1) is 14.1. The van der Waals surface area contributed by atoms with Gasteiger partial charge in [0.15, 0.2) is 12.4 Å². The summed E-state index contributed by atoms with van der Waals surface area (Å²) in [5.41, 5.74) is 0.805. The lowest BCUT2D eigenvalue weighted by atomic mass is 9.92. The summed E-state index contributed by atoms with van der Waals surface area (Å²) in [5, 5.41) is 0. The monoisotopic (exact) mass is 396 g/mol. The van der Waals surface area contributed by atoms with Crippen LogP contribution >= 0.6 is 0 Å². The molecule has 0 aliphatic carbocycles. The molecule has 1 heterocycles. The molecule has 2 aromatic rings. The zero-order valence-corrected chi connectivity index (χ0v) is 16.2. The van der Waals surface area contributed by atoms with Crippen molar-refractivity contribution in [2.75, 3.05) is 13.7 Å². The largest absolute Gasteiger partial charge is 0.454 e. The second kappa shape index (κ2) is 10.0. The molecular formula is C23H24O6. The molecule has 0 saturated carbocycles. The fourth-order valence-electron chi connectivity index (χ4n) is 3.27. The van der Waals surface area contributed by atoms with Gasteiger partial charge in [0.2, 0.25) is 0 Å². The Balaban J connectivity index is 1.85. The lowest BCUT2D eigenvalue weighted by Gasteiger charge is -2.40. The minimum absolute atomic E-state index is 0.222. The number of carbonyl (C=O) groups is 2. The third-order valence-electron chi connectivity index (χ3n) is 4.74. The predicted molar refractivity (Wildman–Crippen MR) is 106 cm³/mol. The summed E-state index contributed by atoms with van der Waals surface area (Å²) in [6.45, 7) is 4.05. The number of esters is 2. The van der Waals surface area contributed by atoms with Gasteiger partial charge in [0, 0.05) is 13.0 Å². The summed E-state index contributed by atoms with van der Waals surface area (Å²) >= 11 is 0. The first-order valence-corrected chi connectivity index (χ1v) is 9.41. The number of benzene rings is 2. The van der Waals surface area contributed by atoms with Gasteiger partial charge in [-0.05, 0) is 30.7 Å². The minimum Gasteiger partial charge on any atom is -0.454 e. The first-order valence-electron chi connectivity index (χ1n) is 9.41. The van der Waals surface area contributed by atoms with Gasteiger partial charge < -0.3 is 18.9 Å². The maximum atomic E-state index is 12.7. The minimum atomic E-state index is -0.918. The lowest BCUT2D eigenvalue weighted by Crippen LogP contribution is -2.54. The zero-order valence-electron chi connectivity index (χ0n) is 16.2. The Kier molecular flexibility index (Phi) is 7.16. The fraction of sp³-hybridized carbons (Fsp3) is 0.304. The van der Waals surface area contributed by atoms with E-state index in [0.717, 1.165) is 0 Å². The molecule has 0 bridgehead atoms. The van der Waals surface area contributed by atoms with Crippen molar-refractivity contribution in [3.63, 3.8) is 0 Å². The highest BCUT2D eigenvalue weighted by Gasteiger charge is 2.45. The molecule has 3 rings (SSSR count). The summed E-state index contributed by atoms with van der Waals surface area (Å²) < 4.78 is 22.6. The topological polar surface area (TPSA) is 71.1 Å². The summed E-state index contributed by atoms with van der Waals surface area (Å²) in [6.07, 6.45) is -0.258. The van der Waals surface area contributed by atoms with Crippen molar-refractivity contribution < 1.29 is 28.5 Å². The average molecular weight is 396 g/mol. The maximum Gasteiger partial charge on any atom is 0.338 e. The van der Waals surface area contributed by atoms with Gasteiger partial charge in [-0.1, -0.05) is 42.5 Å². The number of methoxy groups -OCH3 is 1. The maximum absolute atomic E-state index is 12.7. The fourth-order valence-corrected chi connectivity index (χ4v) is 3.27. The van der Waals surface area contributed by atoms with E-state index in [-0.39, 0.29) is 12.5 Å². The summed E-state index contributed by atoms with van der Waals surface area (Å²) in [4.78, 5) is 25.3. The van der Waals surface area contributed by atoms with Gasteiger partial charge in [-0.15, -0.1) is 6.58 Å². The Labute approximate surface area is 170 Å². The number of hydrogen-bond donors (Lipinski definition) is 0. The highest BCUT2D eigenvalue weighted by Crippen LogP contribution is 2.30. The van der Waals surface area contributed by atoms with Gasteiger partial charge in [-0.25, -0.2) is 9.59 Å². The Morgan fingerprint density at radius 1 is 0.966 bits per heavy atom. The van der Waals surface area contributed by atoms with Crippen LogP contribution in [0.1, 0.15) is 27.1 Å². The van der Waals surface area contributed by atoms with Crippen LogP contribution in [-0.4, -0.2) is 44.2 Å². The molecule has 4 atom stereocenters. The SMILES string of the molecule is C=CC[C@H]1CO[C@H](OC)[C@H](OC(=O)c2ccccc2)[C@H]1OC(=O)c1ccccc1. The molecule has 152 valence electrons. The zero-order chi connectivity index (χ0) is 20.6. The number of rotatable bonds is 7. The van der Waals surface area contributed by atoms with Crippen molar-refractivity contribution >= 4 is 11.9 Å². The molecule has 0 aromatic heterocycles. The van der Waals surface area contributed by atoms with E-state index in [1.54, 1.807) is 54.6 Å². The van der Waals surface area contributed by atoms with Gasteiger partial charge in [0.05, 0.1) is 17.7 Å². The van der Waals surface area contributed by atoms with Crippen molar-refractivity contribution in [3.8, 4) is 0 Å². The molecule has 0 amide bonds. The van der Waals surface area contributed by atoms with Gasteiger partial charge in [0.1, 0.15) is 6.10 Å². The highest BCUT2D eigenvalue weighted by atomic mass is 16.7. The Morgan fingerprint density at radius 2 is 1.48 bits per heavy atom. The molecule has 0 N–H and O–H groups in total. The molecule has 0 spiro atoms. The third kappa shape index (κ3) is 5.10. The van der Waals surface area contributed by atoms with E-state index in [2.05, 4.69) is 6.58 Å². The van der Waals surface area contributed by atoms with Crippen molar-refractivity contribution in [2.45, 2.75) is 24.9 Å². The second-order valence-electron chi connectivity index (χ2n) is 6.69. The second-order valence-corrected chi connectivity index (χ2v) is 6.69. The molecule has 1 aliphatic rings. The summed E-state index contributed by atoms with van der Waals surface area (Å²) in [7, 11) is 1.46. The van der Waals surface area contributed by atoms with E-state index in [9.17, 15) is 9.59 Å². The first kappa shape index (κ1) is 20.8. The van der Waals surface area contributed by atoms with Gasteiger partial charge >= 0.3 is 11.9 Å². The van der Waals surface area contributed by atoms with E-state index in [0.29, 0.717) is 17.5 Å². The van der Waals surface area contributed by atoms with E-state index in [1.165, 1.54) is 7.11 Å². The van der Waals surface area contributed by atoms with Gasteiger partial charge in [0.25, 0.3) is 0 Å². The van der Waals surface area contributed by atoms with Crippen LogP contribution in [0.2, 0.25) is 0 Å². The van der Waals surface area contributed by atoms with Crippen molar-refractivity contribution in [1.29, 1.82) is 0 Å². The van der Waals surface area contributed by atoms with Crippen molar-refractivity contribution in [1.82, 2.24) is 0 Å². The standard InChI is InChI=1S/C23H24O6/c1-3-10-18-15-27-23(26-2)20(29-22(25)17-13-8-5-9-14-17)19(18)28-21(24)16-11-6-4-7-12-16/h3-9,11-14,18-20,23H,1,10,15H2,2H3/t18-,19-,20+,23-/m0/s1. The number of ether oxygens (including phenoxy) is 4. The average Bonchev–Trinajstić information content (AvgIpc) is 2.77. The van der Waals surface area contributed by atoms with Crippen LogP contribution in [0.15, 0.2) is 73.3 Å². The van der Waals surface area contributed by atoms with Crippen molar-refractivity contribution in [2.24, 2.45) is 5.92 Å². The smallest absolute Gasteiger partial charge is 0.338 e. The molecule has 1 saturated heterocycles. The quantitative estimate of drug-likeness (QED) is 0.526. The molecule has 2 aromatic carbocycles. The van der Waals surface area contributed by atoms with E-state index in [4.69, 9.17) is 18.9 Å². The molecule has 6 heteroatoms. The summed E-state index contributed by atoms with van der Waals surface area (Å²) in [6, 6.07) is 17.3. The van der Waals surface area contributed by atoms with Crippen LogP contribution in [0.4, 0.5) is 0 Å². The van der Waals surface area contributed by atoms with Crippen LogP contribution in [0.25, 0.3) is 0 Å². The Bertz CT molecular complexity index is 820. The third-order valence-corrected chi connectivity index (χ3v) is 4.74. The Morgan fingerprint density at radius 3 is 1.97 bits per heavy atom. The number of allylic oxidation sites excluding steroid dienone is 1.